The molecule has 0 fully saturated rings. The molecule has 2 aromatic heterocycles. The number of furan rings is 1. The van der Waals surface area contributed by atoms with E-state index in [-0.39, 0.29) is 24.9 Å². The lowest BCUT2D eigenvalue weighted by Crippen LogP contribution is -2.31. The van der Waals surface area contributed by atoms with Gasteiger partial charge in [-0.05, 0) is 68.1 Å². The minimum Gasteiger partial charge on any atom is -0.480 e. The number of nitrogens with zero attached hydrogens (tertiary/aromatic N) is 1. The molecule has 2 heterocycles. The van der Waals surface area contributed by atoms with E-state index in [0.29, 0.717) is 22.8 Å². The van der Waals surface area contributed by atoms with E-state index in [1.165, 1.54) is 5.56 Å². The van der Waals surface area contributed by atoms with Gasteiger partial charge in [0, 0.05) is 10.9 Å². The van der Waals surface area contributed by atoms with Crippen molar-refractivity contribution >= 4 is 22.8 Å². The quantitative estimate of drug-likeness (QED) is 0.199. The van der Waals surface area contributed by atoms with Crippen molar-refractivity contribution in [2.24, 2.45) is 0 Å². The summed E-state index contributed by atoms with van der Waals surface area (Å²) in [7, 11) is 0. The minimum atomic E-state index is -0.985. The highest BCUT2D eigenvalue weighted by Gasteiger charge is 2.26. The second-order valence-corrected chi connectivity index (χ2v) is 10.4. The molecular weight excluding hydrogens is 518 g/mol. The van der Waals surface area contributed by atoms with Gasteiger partial charge in [-0.25, -0.2) is 0 Å². The van der Waals surface area contributed by atoms with Gasteiger partial charge in [0.2, 0.25) is 5.91 Å². The van der Waals surface area contributed by atoms with Crippen molar-refractivity contribution in [3.63, 3.8) is 0 Å². The molecule has 0 aliphatic carbocycles. The van der Waals surface area contributed by atoms with Gasteiger partial charge in [-0.3, -0.25) is 14.9 Å². The maximum atomic E-state index is 13.4. The monoisotopic (exact) mass is 551 g/mol. The Hall–Kier alpha value is -4.69. The molecule has 0 radical (unpaired) electrons. The lowest BCUT2D eigenvalue weighted by molar-refractivity contribution is -0.136. The minimum absolute atomic E-state index is 0.0985. The number of carboxylic acids is 1. The number of carbonyl (C=O) groups excluding carboxylic acids is 1. The Balaban J connectivity index is 1.40. The predicted octanol–water partition coefficient (Wildman–Crippen LogP) is 5.87. The Labute approximate surface area is 238 Å². The van der Waals surface area contributed by atoms with Crippen molar-refractivity contribution in [2.75, 3.05) is 6.54 Å². The number of benzene rings is 3. The van der Waals surface area contributed by atoms with E-state index in [2.05, 4.69) is 47.8 Å². The predicted molar refractivity (Wildman–Crippen MR) is 156 cm³/mol. The van der Waals surface area contributed by atoms with Crippen LogP contribution in [0.15, 0.2) is 81.7 Å². The number of fused-ring (bicyclic) bond motifs is 1. The summed E-state index contributed by atoms with van der Waals surface area (Å²) in [6.45, 7) is 7.45. The van der Waals surface area contributed by atoms with E-state index in [1.54, 1.807) is 6.92 Å². The van der Waals surface area contributed by atoms with Crippen LogP contribution in [-0.2, 0) is 16.0 Å². The van der Waals surface area contributed by atoms with Gasteiger partial charge in [0.1, 0.15) is 17.1 Å². The average Bonchev–Trinajstić information content (AvgIpc) is 3.51. The molecule has 5 aromatic rings. The molecule has 3 N–H and O–H groups in total. The molecule has 3 aromatic carbocycles. The van der Waals surface area contributed by atoms with Crippen molar-refractivity contribution in [1.82, 2.24) is 15.8 Å². The van der Waals surface area contributed by atoms with Crippen LogP contribution in [0.3, 0.4) is 0 Å². The van der Waals surface area contributed by atoms with Gasteiger partial charge in [0.15, 0.2) is 0 Å². The van der Waals surface area contributed by atoms with Gasteiger partial charge in [-0.2, -0.15) is 0 Å². The fourth-order valence-electron chi connectivity index (χ4n) is 5.34. The Morgan fingerprint density at radius 1 is 0.927 bits per heavy atom. The first-order valence-corrected chi connectivity index (χ1v) is 13.5. The van der Waals surface area contributed by atoms with Crippen molar-refractivity contribution < 1.29 is 23.6 Å². The Bertz CT molecular complexity index is 1680. The molecule has 8 nitrogen and oxygen atoms in total. The number of carboxylic acid groups (broad SMARTS) is 1. The van der Waals surface area contributed by atoms with E-state index >= 15 is 0 Å². The number of hydrogen-bond acceptors (Lipinski definition) is 6. The average molecular weight is 552 g/mol. The SMILES string of the molecule is Cc1ccc(C(NC(=O)Cc2ccc3oc(C(NCC(=O)O)c4c(C)noc4C)cc3c2)c2ccccc2)c(C)c1. The third-order valence-electron chi connectivity index (χ3n) is 7.26. The second-order valence-electron chi connectivity index (χ2n) is 10.4. The molecule has 2 atom stereocenters. The molecule has 2 unspecified atom stereocenters. The van der Waals surface area contributed by atoms with Crippen LogP contribution >= 0.6 is 0 Å². The van der Waals surface area contributed by atoms with Crippen LogP contribution in [0.4, 0.5) is 0 Å². The van der Waals surface area contributed by atoms with E-state index in [9.17, 15) is 14.7 Å². The summed E-state index contributed by atoms with van der Waals surface area (Å²) in [5, 5.41) is 20.4. The van der Waals surface area contributed by atoms with Gasteiger partial charge in [0.05, 0.1) is 30.7 Å². The van der Waals surface area contributed by atoms with E-state index < -0.39 is 12.0 Å². The van der Waals surface area contributed by atoms with Crippen molar-refractivity contribution in [1.29, 1.82) is 0 Å². The highest BCUT2D eigenvalue weighted by Crippen LogP contribution is 2.32. The van der Waals surface area contributed by atoms with Crippen LogP contribution in [0.1, 0.15) is 62.7 Å². The Morgan fingerprint density at radius 3 is 2.39 bits per heavy atom. The van der Waals surface area contributed by atoms with Gasteiger partial charge in [-0.1, -0.05) is 65.3 Å². The lowest BCUT2D eigenvalue weighted by Gasteiger charge is -2.22. The first kappa shape index (κ1) is 27.9. The zero-order chi connectivity index (χ0) is 29.1. The lowest BCUT2D eigenvalue weighted by atomic mass is 9.93. The number of rotatable bonds is 10. The number of aryl methyl sites for hydroxylation is 4. The topological polar surface area (TPSA) is 118 Å². The number of nitrogens with one attached hydrogen (secondary N) is 2. The molecular formula is C33H33N3O5. The molecule has 0 saturated carbocycles. The highest BCUT2D eigenvalue weighted by molar-refractivity contribution is 5.83. The molecule has 0 aliphatic rings. The first-order chi connectivity index (χ1) is 19.7. The molecule has 5 rings (SSSR count). The van der Waals surface area contributed by atoms with E-state index in [4.69, 9.17) is 8.94 Å². The molecule has 1 amide bonds. The zero-order valence-corrected chi connectivity index (χ0v) is 23.5. The maximum Gasteiger partial charge on any atom is 0.317 e. The summed E-state index contributed by atoms with van der Waals surface area (Å²) in [6.07, 6.45) is 0.190. The third-order valence-corrected chi connectivity index (χ3v) is 7.26. The summed E-state index contributed by atoms with van der Waals surface area (Å²) in [5.41, 5.74) is 7.23. The smallest absolute Gasteiger partial charge is 0.317 e. The molecule has 210 valence electrons. The van der Waals surface area contributed by atoms with Gasteiger partial charge < -0.3 is 19.4 Å². The molecule has 8 heteroatoms. The number of amides is 1. The normalized spacial score (nSPS) is 12.8. The molecule has 0 bridgehead atoms. The van der Waals surface area contributed by atoms with Crippen LogP contribution < -0.4 is 10.6 Å². The standard InChI is InChI=1S/C33H33N3O5/c1-19-10-12-26(20(2)14-19)32(24-8-6-5-7-9-24)35-29(37)16-23-11-13-27-25(15-23)17-28(40-27)33(34-18-30(38)39)31-21(3)36-41-22(31)4/h5-15,17,32-34H,16,18H2,1-4H3,(H,35,37)(H,38,39). The summed E-state index contributed by atoms with van der Waals surface area (Å²) in [4.78, 5) is 24.7. The summed E-state index contributed by atoms with van der Waals surface area (Å²) < 4.78 is 11.5. The Kier molecular flexibility index (Phi) is 8.03. The van der Waals surface area contributed by atoms with Crippen LogP contribution in [0, 0.1) is 27.7 Å². The number of hydrogen-bond donors (Lipinski definition) is 3. The first-order valence-electron chi connectivity index (χ1n) is 13.5. The summed E-state index contributed by atoms with van der Waals surface area (Å²) in [6, 6.07) is 22.9. The van der Waals surface area contributed by atoms with E-state index in [1.807, 2.05) is 61.5 Å². The fourth-order valence-corrected chi connectivity index (χ4v) is 5.34. The third kappa shape index (κ3) is 6.23. The number of aliphatic carboxylic acids is 1. The Morgan fingerprint density at radius 2 is 1.71 bits per heavy atom. The summed E-state index contributed by atoms with van der Waals surface area (Å²) >= 11 is 0. The van der Waals surface area contributed by atoms with E-state index in [0.717, 1.165) is 33.2 Å². The van der Waals surface area contributed by atoms with Crippen LogP contribution in [0.2, 0.25) is 0 Å². The zero-order valence-electron chi connectivity index (χ0n) is 23.5. The fraction of sp³-hybridized carbons (Fsp3) is 0.242. The highest BCUT2D eigenvalue weighted by atomic mass is 16.5. The van der Waals surface area contributed by atoms with Gasteiger partial charge in [-0.15, -0.1) is 0 Å². The van der Waals surface area contributed by atoms with Crippen molar-refractivity contribution in [3.8, 4) is 0 Å². The molecule has 41 heavy (non-hydrogen) atoms. The molecule has 0 spiro atoms. The van der Waals surface area contributed by atoms with Crippen molar-refractivity contribution in [3.05, 3.63) is 123 Å². The van der Waals surface area contributed by atoms with Gasteiger partial charge in [0.25, 0.3) is 0 Å². The number of carbonyl (C=O) groups is 2. The molecule has 0 aliphatic heterocycles. The number of aromatic nitrogens is 1. The van der Waals surface area contributed by atoms with Crippen LogP contribution in [0.25, 0.3) is 11.0 Å². The molecule has 0 saturated heterocycles. The summed E-state index contributed by atoms with van der Waals surface area (Å²) in [5.74, 6) is 0.0376. The van der Waals surface area contributed by atoms with Crippen LogP contribution in [0.5, 0.6) is 0 Å². The van der Waals surface area contributed by atoms with Gasteiger partial charge >= 0.3 is 5.97 Å². The second kappa shape index (κ2) is 11.8. The largest absolute Gasteiger partial charge is 0.480 e. The maximum absolute atomic E-state index is 13.4. The van der Waals surface area contributed by atoms with Crippen LogP contribution in [-0.4, -0.2) is 28.7 Å². The van der Waals surface area contributed by atoms with Crippen molar-refractivity contribution in [2.45, 2.75) is 46.2 Å².